The van der Waals surface area contributed by atoms with Crippen LogP contribution in [0, 0.1) is 11.6 Å². The normalized spacial score (nSPS) is 20.8. The monoisotopic (exact) mass is 566 g/mol. The second-order valence-corrected chi connectivity index (χ2v) is 11.1. The molecular formula is C22H20F6N4O3S2. The van der Waals surface area contributed by atoms with Gasteiger partial charge < -0.3 is 5.32 Å². The Morgan fingerprint density at radius 3 is 2.49 bits per heavy atom. The molecule has 1 N–H and O–H groups in total. The minimum absolute atomic E-state index is 0. The van der Waals surface area contributed by atoms with Crippen molar-refractivity contribution in [3.8, 4) is 10.6 Å². The first-order valence-corrected chi connectivity index (χ1v) is 12.9. The molecule has 0 saturated carbocycles. The first-order valence-electron chi connectivity index (χ1n) is 10.7. The molecular weight excluding hydrogens is 546 g/mol. The molecule has 1 fully saturated rings. The number of halogens is 6. The van der Waals surface area contributed by atoms with Crippen LogP contribution in [0.15, 0.2) is 47.6 Å². The van der Waals surface area contributed by atoms with Gasteiger partial charge in [0.15, 0.2) is 5.82 Å². The van der Waals surface area contributed by atoms with Gasteiger partial charge in [0, 0.05) is 13.4 Å². The largest absolute Gasteiger partial charge is 0.427 e. The zero-order chi connectivity index (χ0) is 27.1. The second kappa shape index (κ2) is 10.0. The number of amides is 1. The average Bonchev–Trinajstić information content (AvgIpc) is 3.44. The van der Waals surface area contributed by atoms with Crippen LogP contribution in [0.4, 0.5) is 26.3 Å². The average molecular weight is 567 g/mol. The van der Waals surface area contributed by atoms with E-state index in [1.165, 1.54) is 6.92 Å². The summed E-state index contributed by atoms with van der Waals surface area (Å²) in [5.41, 5.74) is -0.220. The van der Waals surface area contributed by atoms with Gasteiger partial charge in [-0.3, -0.25) is 9.78 Å². The predicted molar refractivity (Wildman–Crippen MR) is 122 cm³/mol. The lowest BCUT2D eigenvalue weighted by molar-refractivity contribution is -0.134. The SMILES string of the molecule is C[C@H]1[C@H](F)C[C@@H](C(=O)NCc2cc(-c3ncc(C(F)(F)F)s3)c(F)cn2)N1S(=O)(=O)c1ccc(F)cc1.[HH]. The molecule has 3 atom stereocenters. The molecule has 0 unspecified atom stereocenters. The molecule has 0 aliphatic carbocycles. The summed E-state index contributed by atoms with van der Waals surface area (Å²) in [4.78, 5) is 19.0. The predicted octanol–water partition coefficient (Wildman–Crippen LogP) is 4.55. The van der Waals surface area contributed by atoms with Gasteiger partial charge in [0.05, 0.1) is 35.6 Å². The quantitative estimate of drug-likeness (QED) is 0.442. The maximum absolute atomic E-state index is 14.5. The summed E-state index contributed by atoms with van der Waals surface area (Å²) in [7, 11) is -4.37. The molecule has 15 heteroatoms. The van der Waals surface area contributed by atoms with Crippen LogP contribution in [0.1, 0.15) is 25.3 Å². The fourth-order valence-corrected chi connectivity index (χ4v) is 6.47. The Morgan fingerprint density at radius 1 is 1.19 bits per heavy atom. The van der Waals surface area contributed by atoms with Crippen molar-refractivity contribution >= 4 is 27.3 Å². The third-order valence-electron chi connectivity index (χ3n) is 5.74. The van der Waals surface area contributed by atoms with Crippen molar-refractivity contribution in [2.45, 2.75) is 49.2 Å². The summed E-state index contributed by atoms with van der Waals surface area (Å²) in [5.74, 6) is -2.47. The Bertz CT molecular complexity index is 1420. The van der Waals surface area contributed by atoms with E-state index < -0.39 is 63.3 Å². The number of nitrogens with one attached hydrogen (secondary N) is 1. The Morgan fingerprint density at radius 2 is 1.86 bits per heavy atom. The molecule has 1 aliphatic rings. The molecule has 200 valence electrons. The Hall–Kier alpha value is -3.04. The van der Waals surface area contributed by atoms with E-state index in [1.807, 2.05) is 0 Å². The smallest absolute Gasteiger partial charge is 0.349 e. The zero-order valence-electron chi connectivity index (χ0n) is 18.8. The summed E-state index contributed by atoms with van der Waals surface area (Å²) in [6.07, 6.45) is -5.41. The van der Waals surface area contributed by atoms with E-state index in [2.05, 4.69) is 15.3 Å². The van der Waals surface area contributed by atoms with Gasteiger partial charge in [0.25, 0.3) is 0 Å². The summed E-state index contributed by atoms with van der Waals surface area (Å²) < 4.78 is 108. The van der Waals surface area contributed by atoms with Gasteiger partial charge in [0.2, 0.25) is 15.9 Å². The number of benzene rings is 1. The topological polar surface area (TPSA) is 92.3 Å². The number of thiazole rings is 1. The molecule has 1 aromatic carbocycles. The first kappa shape index (κ1) is 27.0. The Labute approximate surface area is 212 Å². The maximum Gasteiger partial charge on any atom is 0.427 e. The maximum atomic E-state index is 14.5. The molecule has 1 saturated heterocycles. The second-order valence-electron chi connectivity index (χ2n) is 8.20. The van der Waals surface area contributed by atoms with Crippen molar-refractivity contribution in [1.29, 1.82) is 0 Å². The fourth-order valence-electron chi connectivity index (χ4n) is 3.86. The highest BCUT2D eigenvalue weighted by molar-refractivity contribution is 7.89. The highest BCUT2D eigenvalue weighted by atomic mass is 32.2. The van der Waals surface area contributed by atoms with Crippen molar-refractivity contribution in [2.75, 3.05) is 0 Å². The summed E-state index contributed by atoms with van der Waals surface area (Å²) in [6.45, 7) is 0.950. The van der Waals surface area contributed by atoms with Crippen LogP contribution in [-0.2, 0) is 27.5 Å². The van der Waals surface area contributed by atoms with E-state index in [4.69, 9.17) is 0 Å². The molecule has 0 radical (unpaired) electrons. The lowest BCUT2D eigenvalue weighted by Crippen LogP contribution is -2.48. The van der Waals surface area contributed by atoms with E-state index >= 15 is 0 Å². The summed E-state index contributed by atoms with van der Waals surface area (Å²) >= 11 is 0.233. The van der Waals surface area contributed by atoms with Crippen LogP contribution < -0.4 is 5.32 Å². The van der Waals surface area contributed by atoms with Crippen LogP contribution in [0.2, 0.25) is 0 Å². The number of rotatable bonds is 6. The van der Waals surface area contributed by atoms with E-state index in [1.54, 1.807) is 0 Å². The number of pyridine rings is 1. The summed E-state index contributed by atoms with van der Waals surface area (Å²) in [5, 5.41) is 2.17. The van der Waals surface area contributed by atoms with Gasteiger partial charge in [-0.05, 0) is 37.3 Å². The number of alkyl halides is 4. The van der Waals surface area contributed by atoms with Crippen molar-refractivity contribution in [3.63, 3.8) is 0 Å². The molecule has 1 amide bonds. The van der Waals surface area contributed by atoms with Gasteiger partial charge >= 0.3 is 6.18 Å². The van der Waals surface area contributed by atoms with Crippen molar-refractivity contribution in [1.82, 2.24) is 19.6 Å². The first-order chi connectivity index (χ1) is 17.3. The standard InChI is InChI=1S/C22H18F6N4O3S2.H2/c1-11-16(24)7-18(32(11)37(34,35)14-4-2-12(23)3-5-14)20(33)30-8-13-6-15(17(25)9-29-13)21-31-10-19(36-21)22(26,27)28;/h2-6,9-11,16,18H,7-8H2,1H3,(H,30,33);1H/t11-,16+,18-;/m0./s1. The number of hydrogen-bond acceptors (Lipinski definition) is 6. The molecule has 3 aromatic rings. The summed E-state index contributed by atoms with van der Waals surface area (Å²) in [6, 6.07) is 2.34. The highest BCUT2D eigenvalue weighted by Gasteiger charge is 2.49. The van der Waals surface area contributed by atoms with Crippen LogP contribution in [-0.4, -0.2) is 46.9 Å². The zero-order valence-corrected chi connectivity index (χ0v) is 20.5. The van der Waals surface area contributed by atoms with E-state index in [0.29, 0.717) is 6.20 Å². The van der Waals surface area contributed by atoms with Crippen LogP contribution in [0.5, 0.6) is 0 Å². The Kier molecular flexibility index (Phi) is 7.32. The van der Waals surface area contributed by atoms with E-state index in [9.17, 15) is 39.6 Å². The molecule has 7 nitrogen and oxygen atoms in total. The van der Waals surface area contributed by atoms with Crippen molar-refractivity contribution in [3.05, 3.63) is 64.9 Å². The van der Waals surface area contributed by atoms with Crippen molar-refractivity contribution in [2.24, 2.45) is 0 Å². The van der Waals surface area contributed by atoms with Gasteiger partial charge in [0.1, 0.15) is 27.9 Å². The molecule has 3 heterocycles. The number of sulfonamides is 1. The van der Waals surface area contributed by atoms with Crippen molar-refractivity contribution < 1.29 is 41.0 Å². The Balaban J connectivity index is 0.00000400. The molecule has 2 aromatic heterocycles. The van der Waals surface area contributed by atoms with Crippen LogP contribution in [0.25, 0.3) is 10.6 Å². The van der Waals surface area contributed by atoms with Gasteiger partial charge in [-0.15, -0.1) is 11.3 Å². The molecule has 0 bridgehead atoms. The number of carbonyl (C=O) groups excluding carboxylic acids is 1. The van der Waals surface area contributed by atoms with Crippen LogP contribution >= 0.6 is 11.3 Å². The van der Waals surface area contributed by atoms with Gasteiger partial charge in [-0.2, -0.15) is 17.5 Å². The molecule has 4 rings (SSSR count). The third kappa shape index (κ3) is 5.48. The lowest BCUT2D eigenvalue weighted by Gasteiger charge is -2.26. The van der Waals surface area contributed by atoms with E-state index in [-0.39, 0.29) is 40.5 Å². The minimum Gasteiger partial charge on any atom is -0.349 e. The van der Waals surface area contributed by atoms with Gasteiger partial charge in [-0.25, -0.2) is 26.6 Å². The number of hydrogen-bond donors (Lipinski definition) is 1. The number of aromatic nitrogens is 2. The molecule has 1 aliphatic heterocycles. The molecule has 0 spiro atoms. The molecule has 37 heavy (non-hydrogen) atoms. The third-order valence-corrected chi connectivity index (χ3v) is 8.83. The minimum atomic E-state index is -4.65. The number of carbonyl (C=O) groups is 1. The fraction of sp³-hybridized carbons (Fsp3) is 0.318. The van der Waals surface area contributed by atoms with E-state index in [0.717, 1.165) is 40.8 Å². The van der Waals surface area contributed by atoms with Crippen LogP contribution in [0.3, 0.4) is 0 Å². The lowest BCUT2D eigenvalue weighted by atomic mass is 10.1. The highest BCUT2D eigenvalue weighted by Crippen LogP contribution is 2.37. The number of nitrogens with zero attached hydrogens (tertiary/aromatic N) is 3. The van der Waals surface area contributed by atoms with Gasteiger partial charge in [-0.1, -0.05) is 0 Å².